The number of hydrogen-bond acceptors (Lipinski definition) is 5. The number of benzene rings is 2. The van der Waals surface area contributed by atoms with Gasteiger partial charge in [0.05, 0.1) is 0 Å². The van der Waals surface area contributed by atoms with E-state index in [2.05, 4.69) is 59.2 Å². The van der Waals surface area contributed by atoms with Gasteiger partial charge >= 0.3 is 0 Å². The Morgan fingerprint density at radius 2 is 1.08 bits per heavy atom. The van der Waals surface area contributed by atoms with Crippen LogP contribution in [0.15, 0.2) is 58.3 Å². The molecular formula is C20H26N2S3. The molecule has 0 radical (unpaired) electrons. The minimum absolute atomic E-state index is 0.970. The zero-order valence-corrected chi connectivity index (χ0v) is 16.9. The molecule has 5 heteroatoms. The fraction of sp³-hybridized carbons (Fsp3) is 0.400. The summed E-state index contributed by atoms with van der Waals surface area (Å²) < 4.78 is 0. The number of hydrogen-bond donors (Lipinski definition) is 2. The van der Waals surface area contributed by atoms with Gasteiger partial charge in [0.2, 0.25) is 0 Å². The van der Waals surface area contributed by atoms with Crippen molar-refractivity contribution < 1.29 is 0 Å². The van der Waals surface area contributed by atoms with Crippen LogP contribution in [0.3, 0.4) is 0 Å². The van der Waals surface area contributed by atoms with Gasteiger partial charge in [-0.15, -0.1) is 23.5 Å². The molecular weight excluding hydrogens is 364 g/mol. The van der Waals surface area contributed by atoms with E-state index in [1.807, 2.05) is 35.3 Å². The minimum Gasteiger partial charge on any atom is -0.312 e. The molecule has 1 heterocycles. The second kappa shape index (κ2) is 11.2. The lowest BCUT2D eigenvalue weighted by Gasteiger charge is -2.11. The van der Waals surface area contributed by atoms with Crippen LogP contribution < -0.4 is 10.6 Å². The van der Waals surface area contributed by atoms with Gasteiger partial charge in [-0.05, 0) is 23.3 Å². The molecule has 1 aliphatic heterocycles. The van der Waals surface area contributed by atoms with Crippen LogP contribution in [0.25, 0.3) is 0 Å². The lowest BCUT2D eigenvalue weighted by molar-refractivity contribution is 0.715. The summed E-state index contributed by atoms with van der Waals surface area (Å²) in [5.41, 5.74) is 2.85. The van der Waals surface area contributed by atoms with E-state index in [1.165, 1.54) is 32.4 Å². The van der Waals surface area contributed by atoms with Gasteiger partial charge < -0.3 is 10.6 Å². The molecule has 0 aromatic heterocycles. The Hall–Kier alpha value is -0.590. The van der Waals surface area contributed by atoms with Crippen molar-refractivity contribution in [2.75, 3.05) is 36.1 Å². The van der Waals surface area contributed by atoms with Crippen LogP contribution in [-0.4, -0.2) is 36.1 Å². The number of rotatable bonds is 0. The van der Waals surface area contributed by atoms with Crippen LogP contribution in [0.2, 0.25) is 0 Å². The molecule has 0 atom stereocenters. The van der Waals surface area contributed by atoms with Crippen molar-refractivity contribution >= 4 is 35.3 Å². The predicted molar refractivity (Wildman–Crippen MR) is 115 cm³/mol. The number of nitrogens with one attached hydrogen (secondary N) is 2. The van der Waals surface area contributed by atoms with E-state index in [4.69, 9.17) is 0 Å². The summed E-state index contributed by atoms with van der Waals surface area (Å²) in [4.78, 5) is 2.84. The molecule has 2 nitrogen and oxygen atoms in total. The van der Waals surface area contributed by atoms with Crippen molar-refractivity contribution in [3.63, 3.8) is 0 Å². The van der Waals surface area contributed by atoms with Crippen LogP contribution in [0.4, 0.5) is 0 Å². The molecule has 2 aromatic rings. The molecule has 134 valence electrons. The lowest BCUT2D eigenvalue weighted by Crippen LogP contribution is -2.19. The van der Waals surface area contributed by atoms with E-state index in [0.717, 1.165) is 37.7 Å². The first kappa shape index (κ1) is 19.2. The number of fused-ring (bicyclic) bond motifs is 2. The summed E-state index contributed by atoms with van der Waals surface area (Å²) in [6.45, 7) is 4.08. The molecule has 0 saturated carbocycles. The predicted octanol–water partition coefficient (Wildman–Crippen LogP) is 4.50. The maximum atomic E-state index is 3.59. The first-order chi connectivity index (χ1) is 12.4. The van der Waals surface area contributed by atoms with Crippen molar-refractivity contribution in [3.8, 4) is 0 Å². The topological polar surface area (TPSA) is 24.1 Å². The Balaban J connectivity index is 1.64. The summed E-state index contributed by atoms with van der Waals surface area (Å²) in [5.74, 6) is 4.62. The SMILES string of the molecule is c1ccc2c(c1)CNCCSCCNCc1ccccc1SCCS2. The Morgan fingerprint density at radius 3 is 1.60 bits per heavy atom. The Morgan fingerprint density at radius 1 is 0.600 bits per heavy atom. The van der Waals surface area contributed by atoms with Gasteiger partial charge in [0.1, 0.15) is 0 Å². The molecule has 0 saturated heterocycles. The summed E-state index contributed by atoms with van der Waals surface area (Å²) in [6.07, 6.45) is 0. The Kier molecular flexibility index (Phi) is 8.59. The second-order valence-corrected chi connectivity index (χ2v) is 9.38. The molecule has 1 aliphatic rings. The monoisotopic (exact) mass is 390 g/mol. The molecule has 25 heavy (non-hydrogen) atoms. The second-order valence-electron chi connectivity index (χ2n) is 5.88. The van der Waals surface area contributed by atoms with Gasteiger partial charge in [0.15, 0.2) is 0 Å². The fourth-order valence-electron chi connectivity index (χ4n) is 2.72. The average molecular weight is 391 g/mol. The number of thioether (sulfide) groups is 3. The lowest BCUT2D eigenvalue weighted by atomic mass is 10.2. The Bertz CT molecular complexity index is 593. The highest BCUT2D eigenvalue weighted by molar-refractivity contribution is 8.03. The van der Waals surface area contributed by atoms with Crippen LogP contribution in [0.5, 0.6) is 0 Å². The van der Waals surface area contributed by atoms with Crippen LogP contribution >= 0.6 is 35.3 Å². The minimum atomic E-state index is 0.970. The smallest absolute Gasteiger partial charge is 0.0216 e. The molecule has 2 aromatic carbocycles. The third-order valence-electron chi connectivity index (χ3n) is 4.02. The first-order valence-corrected chi connectivity index (χ1v) is 12.0. The molecule has 0 amide bonds. The van der Waals surface area contributed by atoms with Gasteiger partial charge in [-0.2, -0.15) is 11.8 Å². The highest BCUT2D eigenvalue weighted by Crippen LogP contribution is 2.27. The fourth-order valence-corrected chi connectivity index (χ4v) is 5.61. The summed E-state index contributed by atoms with van der Waals surface area (Å²) in [5, 5.41) is 7.18. The van der Waals surface area contributed by atoms with Crippen molar-refractivity contribution in [2.45, 2.75) is 22.9 Å². The highest BCUT2D eigenvalue weighted by atomic mass is 32.2. The maximum Gasteiger partial charge on any atom is 0.0216 e. The largest absolute Gasteiger partial charge is 0.312 e. The molecule has 2 N–H and O–H groups in total. The van der Waals surface area contributed by atoms with Crippen molar-refractivity contribution in [1.29, 1.82) is 0 Å². The van der Waals surface area contributed by atoms with Crippen LogP contribution in [0, 0.1) is 0 Å². The zero-order valence-electron chi connectivity index (χ0n) is 14.5. The Labute approximate surface area is 164 Å². The molecule has 0 spiro atoms. The first-order valence-electron chi connectivity index (χ1n) is 8.84. The van der Waals surface area contributed by atoms with Crippen LogP contribution in [0.1, 0.15) is 11.1 Å². The van der Waals surface area contributed by atoms with E-state index in [0.29, 0.717) is 0 Å². The molecule has 0 aliphatic carbocycles. The quantitative estimate of drug-likeness (QED) is 0.690. The normalized spacial score (nSPS) is 17.9. The van der Waals surface area contributed by atoms with Crippen molar-refractivity contribution in [2.24, 2.45) is 0 Å². The summed E-state index contributed by atoms with van der Waals surface area (Å²) in [7, 11) is 0. The van der Waals surface area contributed by atoms with Gasteiger partial charge in [-0.25, -0.2) is 0 Å². The van der Waals surface area contributed by atoms with Gasteiger partial charge in [0, 0.05) is 59.0 Å². The van der Waals surface area contributed by atoms with E-state index in [9.17, 15) is 0 Å². The molecule has 0 fully saturated rings. The van der Waals surface area contributed by atoms with Gasteiger partial charge in [-0.3, -0.25) is 0 Å². The van der Waals surface area contributed by atoms with Crippen molar-refractivity contribution in [1.82, 2.24) is 10.6 Å². The average Bonchev–Trinajstić information content (AvgIpc) is 2.65. The summed E-state index contributed by atoms with van der Waals surface area (Å²) in [6, 6.07) is 17.6. The third-order valence-corrected chi connectivity index (χ3v) is 7.50. The van der Waals surface area contributed by atoms with Crippen molar-refractivity contribution in [3.05, 3.63) is 59.7 Å². The highest BCUT2D eigenvalue weighted by Gasteiger charge is 2.05. The summed E-state index contributed by atoms with van der Waals surface area (Å²) >= 11 is 5.98. The standard InChI is InChI=1S/C20H26N2S3/c1-3-7-19-17(5-1)15-21-9-11-23-12-10-22-16-18-6-2-4-8-20(18)25-14-13-24-19/h1-8,21-22H,9-16H2. The molecule has 0 bridgehead atoms. The van der Waals surface area contributed by atoms with Gasteiger partial charge in [-0.1, -0.05) is 36.4 Å². The van der Waals surface area contributed by atoms with E-state index in [1.54, 1.807) is 0 Å². The van der Waals surface area contributed by atoms with E-state index >= 15 is 0 Å². The van der Waals surface area contributed by atoms with E-state index in [-0.39, 0.29) is 0 Å². The van der Waals surface area contributed by atoms with Gasteiger partial charge in [0.25, 0.3) is 0 Å². The molecule has 0 unspecified atom stereocenters. The van der Waals surface area contributed by atoms with E-state index < -0.39 is 0 Å². The maximum absolute atomic E-state index is 3.59. The van der Waals surface area contributed by atoms with Crippen LogP contribution in [-0.2, 0) is 13.1 Å². The third kappa shape index (κ3) is 6.57. The molecule has 3 rings (SSSR count). The zero-order chi connectivity index (χ0) is 17.2.